The summed E-state index contributed by atoms with van der Waals surface area (Å²) >= 11 is 0. The standard InChI is InChI=1S/C22H20N2O4/c1-13-9-19(22(26)27)14(2)24(13)20-6-4-3-5-18(20)21(25)23-17-8-7-15-11-28-12-16(15)10-17/h3-10H,11-12H2,1-2H3,(H,23,25)(H,26,27). The molecule has 0 fully saturated rings. The molecule has 1 aliphatic heterocycles. The quantitative estimate of drug-likeness (QED) is 0.719. The van der Waals surface area contributed by atoms with Crippen LogP contribution in [0.2, 0.25) is 0 Å². The zero-order chi connectivity index (χ0) is 19.8. The maximum atomic E-state index is 13.0. The zero-order valence-electron chi connectivity index (χ0n) is 15.7. The van der Waals surface area contributed by atoms with Gasteiger partial charge in [0.2, 0.25) is 0 Å². The highest BCUT2D eigenvalue weighted by molar-refractivity contribution is 6.07. The Morgan fingerprint density at radius 2 is 1.75 bits per heavy atom. The highest BCUT2D eigenvalue weighted by Gasteiger charge is 2.20. The van der Waals surface area contributed by atoms with Crippen LogP contribution < -0.4 is 5.32 Å². The molecule has 6 heteroatoms. The number of carbonyl (C=O) groups excluding carboxylic acids is 1. The Labute approximate surface area is 162 Å². The van der Waals surface area contributed by atoms with Crippen molar-refractivity contribution < 1.29 is 19.4 Å². The zero-order valence-corrected chi connectivity index (χ0v) is 15.7. The maximum Gasteiger partial charge on any atom is 0.337 e. The van der Waals surface area contributed by atoms with Crippen LogP contribution in [0.5, 0.6) is 0 Å². The molecule has 28 heavy (non-hydrogen) atoms. The van der Waals surface area contributed by atoms with Crippen LogP contribution in [0.15, 0.2) is 48.5 Å². The first-order valence-corrected chi connectivity index (χ1v) is 8.98. The van der Waals surface area contributed by atoms with E-state index in [2.05, 4.69) is 5.32 Å². The molecule has 142 valence electrons. The van der Waals surface area contributed by atoms with Crippen LogP contribution in [0.4, 0.5) is 5.69 Å². The van der Waals surface area contributed by atoms with Gasteiger partial charge < -0.3 is 19.7 Å². The van der Waals surface area contributed by atoms with Crippen molar-refractivity contribution in [1.82, 2.24) is 4.57 Å². The van der Waals surface area contributed by atoms with E-state index in [1.807, 2.05) is 37.3 Å². The summed E-state index contributed by atoms with van der Waals surface area (Å²) in [6.07, 6.45) is 0. The largest absolute Gasteiger partial charge is 0.478 e. The maximum absolute atomic E-state index is 13.0. The van der Waals surface area contributed by atoms with Crippen LogP contribution in [0.25, 0.3) is 5.69 Å². The number of para-hydroxylation sites is 1. The average molecular weight is 376 g/mol. The predicted octanol–water partition coefficient (Wildman–Crippen LogP) is 4.07. The number of anilines is 1. The molecule has 2 aromatic carbocycles. The molecule has 0 radical (unpaired) electrons. The predicted molar refractivity (Wildman–Crippen MR) is 105 cm³/mol. The van der Waals surface area contributed by atoms with Crippen LogP contribution in [0, 0.1) is 13.8 Å². The van der Waals surface area contributed by atoms with E-state index in [4.69, 9.17) is 4.74 Å². The van der Waals surface area contributed by atoms with Crippen molar-refractivity contribution in [1.29, 1.82) is 0 Å². The molecule has 0 atom stereocenters. The summed E-state index contributed by atoms with van der Waals surface area (Å²) in [5, 5.41) is 12.3. The van der Waals surface area contributed by atoms with E-state index in [0.29, 0.717) is 35.8 Å². The number of carbonyl (C=O) groups is 2. The van der Waals surface area contributed by atoms with Crippen molar-refractivity contribution in [3.63, 3.8) is 0 Å². The van der Waals surface area contributed by atoms with Crippen molar-refractivity contribution in [2.24, 2.45) is 0 Å². The molecule has 0 saturated carbocycles. The van der Waals surface area contributed by atoms with Crippen LogP contribution >= 0.6 is 0 Å². The van der Waals surface area contributed by atoms with Crippen molar-refractivity contribution >= 4 is 17.6 Å². The van der Waals surface area contributed by atoms with Crippen LogP contribution in [0.3, 0.4) is 0 Å². The normalized spacial score (nSPS) is 12.6. The fourth-order valence-electron chi connectivity index (χ4n) is 3.66. The number of ether oxygens (including phenoxy) is 1. The molecular weight excluding hydrogens is 356 g/mol. The van der Waals surface area contributed by atoms with Crippen molar-refractivity contribution in [3.8, 4) is 5.69 Å². The monoisotopic (exact) mass is 376 g/mol. The lowest BCUT2D eigenvalue weighted by atomic mass is 10.1. The Kier molecular flexibility index (Phi) is 4.49. The summed E-state index contributed by atoms with van der Waals surface area (Å²) < 4.78 is 7.22. The number of hydrogen-bond donors (Lipinski definition) is 2. The number of nitrogens with zero attached hydrogens (tertiary/aromatic N) is 1. The number of nitrogens with one attached hydrogen (secondary N) is 1. The lowest BCUT2D eigenvalue weighted by Crippen LogP contribution is -2.16. The molecule has 0 bridgehead atoms. The third-order valence-corrected chi connectivity index (χ3v) is 5.03. The molecule has 0 saturated heterocycles. The Morgan fingerprint density at radius 3 is 2.50 bits per heavy atom. The van der Waals surface area contributed by atoms with Gasteiger partial charge in [-0.15, -0.1) is 0 Å². The second-order valence-corrected chi connectivity index (χ2v) is 6.87. The topological polar surface area (TPSA) is 80.6 Å². The first kappa shape index (κ1) is 18.0. The molecule has 0 unspecified atom stereocenters. The van der Waals surface area contributed by atoms with Crippen molar-refractivity contribution in [2.45, 2.75) is 27.1 Å². The van der Waals surface area contributed by atoms with E-state index < -0.39 is 5.97 Å². The summed E-state index contributed by atoms with van der Waals surface area (Å²) in [4.78, 5) is 24.5. The molecule has 2 heterocycles. The van der Waals surface area contributed by atoms with Gasteiger partial charge in [-0.25, -0.2) is 4.79 Å². The van der Waals surface area contributed by atoms with Gasteiger partial charge in [-0.05, 0) is 55.3 Å². The average Bonchev–Trinajstić information content (AvgIpc) is 3.25. The molecule has 1 aromatic heterocycles. The second-order valence-electron chi connectivity index (χ2n) is 6.87. The molecule has 6 nitrogen and oxygen atoms in total. The number of hydrogen-bond acceptors (Lipinski definition) is 3. The third kappa shape index (κ3) is 3.08. The number of amides is 1. The Bertz CT molecular complexity index is 1100. The summed E-state index contributed by atoms with van der Waals surface area (Å²) in [5.41, 5.74) is 5.60. The van der Waals surface area contributed by atoms with Crippen molar-refractivity contribution in [3.05, 3.63) is 82.2 Å². The fourth-order valence-corrected chi connectivity index (χ4v) is 3.66. The molecule has 4 rings (SSSR count). The minimum Gasteiger partial charge on any atom is -0.478 e. The van der Waals surface area contributed by atoms with E-state index in [1.165, 1.54) is 0 Å². The van der Waals surface area contributed by atoms with E-state index in [1.54, 1.807) is 29.7 Å². The molecule has 1 amide bonds. The number of rotatable bonds is 4. The van der Waals surface area contributed by atoms with Gasteiger partial charge in [0, 0.05) is 17.1 Å². The van der Waals surface area contributed by atoms with E-state index >= 15 is 0 Å². The number of benzene rings is 2. The highest BCUT2D eigenvalue weighted by atomic mass is 16.5. The lowest BCUT2D eigenvalue weighted by molar-refractivity contribution is 0.0696. The third-order valence-electron chi connectivity index (χ3n) is 5.03. The summed E-state index contributed by atoms with van der Waals surface area (Å²) in [6, 6.07) is 14.5. The molecule has 2 N–H and O–H groups in total. The summed E-state index contributed by atoms with van der Waals surface area (Å²) in [5.74, 6) is -1.24. The van der Waals surface area contributed by atoms with Crippen LogP contribution in [0.1, 0.15) is 43.2 Å². The van der Waals surface area contributed by atoms with Gasteiger partial charge in [0.1, 0.15) is 0 Å². The van der Waals surface area contributed by atoms with E-state index in [-0.39, 0.29) is 11.5 Å². The van der Waals surface area contributed by atoms with E-state index in [9.17, 15) is 14.7 Å². The number of carboxylic acids is 1. The SMILES string of the molecule is Cc1cc(C(=O)O)c(C)n1-c1ccccc1C(=O)Nc1ccc2c(c1)COC2. The minimum absolute atomic E-state index is 0.228. The first-order valence-electron chi connectivity index (χ1n) is 8.98. The first-order chi connectivity index (χ1) is 13.5. The number of fused-ring (bicyclic) bond motifs is 1. The lowest BCUT2D eigenvalue weighted by Gasteiger charge is -2.15. The smallest absolute Gasteiger partial charge is 0.337 e. The van der Waals surface area contributed by atoms with Crippen molar-refractivity contribution in [2.75, 3.05) is 5.32 Å². The Balaban J connectivity index is 1.70. The van der Waals surface area contributed by atoms with Gasteiger partial charge in [0.15, 0.2) is 0 Å². The van der Waals surface area contributed by atoms with Gasteiger partial charge in [-0.3, -0.25) is 4.79 Å². The number of aromatic nitrogens is 1. The highest BCUT2D eigenvalue weighted by Crippen LogP contribution is 2.26. The second kappa shape index (κ2) is 6.98. The Hall–Kier alpha value is -3.38. The summed E-state index contributed by atoms with van der Waals surface area (Å²) in [6.45, 7) is 4.72. The molecule has 3 aromatic rings. The Morgan fingerprint density at radius 1 is 1.00 bits per heavy atom. The minimum atomic E-state index is -0.985. The van der Waals surface area contributed by atoms with Crippen LogP contribution in [-0.4, -0.2) is 21.6 Å². The number of aryl methyl sites for hydroxylation is 1. The van der Waals surface area contributed by atoms with E-state index in [0.717, 1.165) is 16.8 Å². The molecular formula is C22H20N2O4. The van der Waals surface area contributed by atoms with Gasteiger partial charge in [-0.1, -0.05) is 18.2 Å². The van der Waals surface area contributed by atoms with Gasteiger partial charge >= 0.3 is 5.97 Å². The molecule has 1 aliphatic rings. The molecule has 0 aliphatic carbocycles. The van der Waals surface area contributed by atoms with Gasteiger partial charge in [0.25, 0.3) is 5.91 Å². The number of carboxylic acid groups (broad SMARTS) is 1. The molecule has 0 spiro atoms. The summed E-state index contributed by atoms with van der Waals surface area (Å²) in [7, 11) is 0. The van der Waals surface area contributed by atoms with Gasteiger partial charge in [-0.2, -0.15) is 0 Å². The fraction of sp³-hybridized carbons (Fsp3) is 0.182. The number of aromatic carboxylic acids is 1. The van der Waals surface area contributed by atoms with Crippen LogP contribution in [-0.2, 0) is 18.0 Å². The van der Waals surface area contributed by atoms with Gasteiger partial charge in [0.05, 0.1) is 30.0 Å².